The van der Waals surface area contributed by atoms with Gasteiger partial charge in [0, 0.05) is 30.2 Å². The lowest BCUT2D eigenvalue weighted by molar-refractivity contribution is -0.120. The summed E-state index contributed by atoms with van der Waals surface area (Å²) in [6, 6.07) is 14.2. The zero-order valence-electron chi connectivity index (χ0n) is 12.5. The van der Waals surface area contributed by atoms with E-state index in [4.69, 9.17) is 4.42 Å². The molecule has 0 aliphatic heterocycles. The standard InChI is InChI=1S/C17H21NO2S2/c19-17(8-11-21-13-15-5-2-1-3-6-15)18-9-12-22-14-16-7-4-10-20-16/h1-7,10H,8-9,11-14H2,(H,18,19). The van der Waals surface area contributed by atoms with Crippen LogP contribution in [-0.2, 0) is 16.3 Å². The summed E-state index contributed by atoms with van der Waals surface area (Å²) in [7, 11) is 0. The predicted octanol–water partition coefficient (Wildman–Crippen LogP) is 3.95. The Balaban J connectivity index is 1.44. The number of carbonyl (C=O) groups is 1. The summed E-state index contributed by atoms with van der Waals surface area (Å²) in [5.41, 5.74) is 1.31. The third kappa shape index (κ3) is 7.09. The molecule has 3 nitrogen and oxygen atoms in total. The third-order valence-corrected chi connectivity index (χ3v) is 4.99. The zero-order valence-corrected chi connectivity index (χ0v) is 14.1. The molecule has 0 aliphatic carbocycles. The van der Waals surface area contributed by atoms with Gasteiger partial charge in [0.05, 0.1) is 12.0 Å². The molecule has 0 atom stereocenters. The van der Waals surface area contributed by atoms with Crippen molar-refractivity contribution in [3.8, 4) is 0 Å². The van der Waals surface area contributed by atoms with Crippen LogP contribution >= 0.6 is 23.5 Å². The molecule has 0 bridgehead atoms. The molecule has 0 radical (unpaired) electrons. The molecule has 0 saturated heterocycles. The third-order valence-electron chi connectivity index (χ3n) is 2.98. The number of rotatable bonds is 10. The molecule has 118 valence electrons. The molecule has 1 aromatic heterocycles. The monoisotopic (exact) mass is 335 g/mol. The maximum Gasteiger partial charge on any atom is 0.220 e. The van der Waals surface area contributed by atoms with E-state index in [1.54, 1.807) is 29.8 Å². The minimum Gasteiger partial charge on any atom is -0.468 e. The van der Waals surface area contributed by atoms with Crippen molar-refractivity contribution in [2.45, 2.75) is 17.9 Å². The number of furan rings is 1. The van der Waals surface area contributed by atoms with Gasteiger partial charge in [0.15, 0.2) is 0 Å². The van der Waals surface area contributed by atoms with Gasteiger partial charge >= 0.3 is 0 Å². The van der Waals surface area contributed by atoms with E-state index in [1.165, 1.54) is 5.56 Å². The van der Waals surface area contributed by atoms with Gasteiger partial charge in [-0.25, -0.2) is 0 Å². The van der Waals surface area contributed by atoms with Crippen molar-refractivity contribution < 1.29 is 9.21 Å². The first-order valence-electron chi connectivity index (χ1n) is 7.33. The van der Waals surface area contributed by atoms with E-state index in [-0.39, 0.29) is 5.91 Å². The lowest BCUT2D eigenvalue weighted by Gasteiger charge is -2.05. The first kappa shape index (κ1) is 17.0. The lowest BCUT2D eigenvalue weighted by atomic mass is 10.2. The molecule has 1 aromatic carbocycles. The van der Waals surface area contributed by atoms with Gasteiger partial charge in [-0.2, -0.15) is 23.5 Å². The van der Waals surface area contributed by atoms with Crippen molar-refractivity contribution in [3.63, 3.8) is 0 Å². The minimum absolute atomic E-state index is 0.138. The number of nitrogens with one attached hydrogen (secondary N) is 1. The Hall–Kier alpha value is -1.33. The fourth-order valence-corrected chi connectivity index (χ4v) is 3.51. The molecule has 0 saturated carbocycles. The molecule has 1 amide bonds. The molecule has 0 unspecified atom stereocenters. The van der Waals surface area contributed by atoms with Crippen LogP contribution in [0.2, 0.25) is 0 Å². The topological polar surface area (TPSA) is 42.2 Å². The summed E-state index contributed by atoms with van der Waals surface area (Å²) in [6.07, 6.45) is 2.27. The number of carbonyl (C=O) groups excluding carboxylic acids is 1. The maximum absolute atomic E-state index is 11.7. The highest BCUT2D eigenvalue weighted by molar-refractivity contribution is 7.98. The van der Waals surface area contributed by atoms with Crippen LogP contribution in [-0.4, -0.2) is 24.0 Å². The van der Waals surface area contributed by atoms with Gasteiger partial charge in [-0.05, 0) is 17.7 Å². The van der Waals surface area contributed by atoms with Crippen LogP contribution in [0.25, 0.3) is 0 Å². The Kier molecular flexibility index (Phi) is 8.05. The van der Waals surface area contributed by atoms with Gasteiger partial charge in [-0.1, -0.05) is 30.3 Å². The van der Waals surface area contributed by atoms with Gasteiger partial charge < -0.3 is 9.73 Å². The van der Waals surface area contributed by atoms with Crippen LogP contribution in [0.5, 0.6) is 0 Å². The quantitative estimate of drug-likeness (QED) is 0.668. The second kappa shape index (κ2) is 10.4. The van der Waals surface area contributed by atoms with Crippen molar-refractivity contribution in [2.24, 2.45) is 0 Å². The van der Waals surface area contributed by atoms with Crippen molar-refractivity contribution >= 4 is 29.4 Å². The molecule has 0 fully saturated rings. The Morgan fingerprint density at radius 3 is 2.59 bits per heavy atom. The van der Waals surface area contributed by atoms with Crippen LogP contribution in [0.3, 0.4) is 0 Å². The number of hydrogen-bond donors (Lipinski definition) is 1. The SMILES string of the molecule is O=C(CCSCc1ccccc1)NCCSCc1ccco1. The highest BCUT2D eigenvalue weighted by atomic mass is 32.2. The van der Waals surface area contributed by atoms with E-state index in [0.29, 0.717) is 13.0 Å². The number of benzene rings is 1. The lowest BCUT2D eigenvalue weighted by Crippen LogP contribution is -2.25. The number of hydrogen-bond acceptors (Lipinski definition) is 4. The van der Waals surface area contributed by atoms with Crippen LogP contribution in [0.15, 0.2) is 53.1 Å². The van der Waals surface area contributed by atoms with Crippen LogP contribution in [0.1, 0.15) is 17.7 Å². The molecule has 5 heteroatoms. The molecule has 1 heterocycles. The molecule has 0 spiro atoms. The molecule has 2 rings (SSSR count). The van der Waals surface area contributed by atoms with Crippen molar-refractivity contribution in [2.75, 3.05) is 18.1 Å². The summed E-state index contributed by atoms with van der Waals surface area (Å²) in [5, 5.41) is 2.96. The first-order valence-corrected chi connectivity index (χ1v) is 9.64. The number of amides is 1. The maximum atomic E-state index is 11.7. The van der Waals surface area contributed by atoms with Crippen molar-refractivity contribution in [1.82, 2.24) is 5.32 Å². The molecular weight excluding hydrogens is 314 g/mol. The highest BCUT2D eigenvalue weighted by Crippen LogP contribution is 2.13. The number of thioether (sulfide) groups is 2. The van der Waals surface area contributed by atoms with Gasteiger partial charge in [0.25, 0.3) is 0 Å². The molecular formula is C17H21NO2S2. The second-order valence-corrected chi connectivity index (χ2v) is 6.98. The Bertz CT molecular complexity index is 529. The van der Waals surface area contributed by atoms with Crippen LogP contribution < -0.4 is 5.32 Å². The summed E-state index contributed by atoms with van der Waals surface area (Å²) >= 11 is 3.56. The Morgan fingerprint density at radius 2 is 1.82 bits per heavy atom. The smallest absolute Gasteiger partial charge is 0.220 e. The molecule has 22 heavy (non-hydrogen) atoms. The molecule has 2 aromatic rings. The normalized spacial score (nSPS) is 10.5. The van der Waals surface area contributed by atoms with Gasteiger partial charge in [-0.3, -0.25) is 4.79 Å². The van der Waals surface area contributed by atoms with Crippen molar-refractivity contribution in [3.05, 3.63) is 60.1 Å². The van der Waals surface area contributed by atoms with E-state index in [2.05, 4.69) is 17.4 Å². The predicted molar refractivity (Wildman–Crippen MR) is 95.1 cm³/mol. The summed E-state index contributed by atoms with van der Waals surface area (Å²) in [6.45, 7) is 0.716. The van der Waals surface area contributed by atoms with E-state index in [1.807, 2.05) is 30.3 Å². The molecule has 1 N–H and O–H groups in total. The zero-order chi connectivity index (χ0) is 15.5. The molecule has 0 aliphatic rings. The average molecular weight is 335 g/mol. The average Bonchev–Trinajstić information content (AvgIpc) is 3.06. The van der Waals surface area contributed by atoms with E-state index >= 15 is 0 Å². The minimum atomic E-state index is 0.138. The van der Waals surface area contributed by atoms with Gasteiger partial charge in [-0.15, -0.1) is 0 Å². The summed E-state index contributed by atoms with van der Waals surface area (Å²) in [4.78, 5) is 11.7. The summed E-state index contributed by atoms with van der Waals surface area (Å²) < 4.78 is 5.25. The summed E-state index contributed by atoms with van der Waals surface area (Å²) in [5.74, 6) is 4.71. The van der Waals surface area contributed by atoms with Gasteiger partial charge in [0.1, 0.15) is 5.76 Å². The Labute approximate surface area is 140 Å². The fraction of sp³-hybridized carbons (Fsp3) is 0.353. The van der Waals surface area contributed by atoms with Crippen LogP contribution in [0, 0.1) is 0 Å². The van der Waals surface area contributed by atoms with E-state index < -0.39 is 0 Å². The Morgan fingerprint density at radius 1 is 1.00 bits per heavy atom. The fourth-order valence-electron chi connectivity index (χ4n) is 1.85. The van der Waals surface area contributed by atoms with Gasteiger partial charge in [0.2, 0.25) is 5.91 Å². The largest absolute Gasteiger partial charge is 0.468 e. The second-order valence-electron chi connectivity index (χ2n) is 4.77. The van der Waals surface area contributed by atoms with Crippen LogP contribution in [0.4, 0.5) is 0 Å². The highest BCUT2D eigenvalue weighted by Gasteiger charge is 2.01. The first-order chi connectivity index (χ1) is 10.8. The van der Waals surface area contributed by atoms with Crippen molar-refractivity contribution in [1.29, 1.82) is 0 Å². The van der Waals surface area contributed by atoms with E-state index in [9.17, 15) is 4.79 Å². The van der Waals surface area contributed by atoms with E-state index in [0.717, 1.165) is 28.8 Å².